The highest BCUT2D eigenvalue weighted by molar-refractivity contribution is 5.76. The van der Waals surface area contributed by atoms with Crippen molar-refractivity contribution in [1.29, 1.82) is 0 Å². The van der Waals surface area contributed by atoms with E-state index in [2.05, 4.69) is 104 Å². The molecule has 0 saturated carbocycles. The summed E-state index contributed by atoms with van der Waals surface area (Å²) in [6.07, 6.45) is 76.5. The Morgan fingerprint density at radius 1 is 0.449 bits per heavy atom. The number of carbonyl (C=O) groups excluding carboxylic acids is 1. The van der Waals surface area contributed by atoms with Gasteiger partial charge in [0.1, 0.15) is 24.4 Å². The highest BCUT2D eigenvalue weighted by atomic mass is 16.7. The molecule has 0 bridgehead atoms. The number of hydrogen-bond acceptors (Lipinski definition) is 8. The van der Waals surface area contributed by atoms with Crippen molar-refractivity contribution in [3.05, 3.63) is 97.2 Å². The van der Waals surface area contributed by atoms with Gasteiger partial charge in [0.2, 0.25) is 5.91 Å². The fourth-order valence-corrected chi connectivity index (χ4v) is 9.81. The van der Waals surface area contributed by atoms with E-state index in [1.807, 2.05) is 6.08 Å². The minimum absolute atomic E-state index is 0.190. The van der Waals surface area contributed by atoms with Crippen molar-refractivity contribution in [2.45, 2.75) is 320 Å². The summed E-state index contributed by atoms with van der Waals surface area (Å²) in [6.45, 7) is 3.64. The molecule has 9 heteroatoms. The summed E-state index contributed by atoms with van der Waals surface area (Å²) in [5.74, 6) is -0.190. The minimum Gasteiger partial charge on any atom is -0.394 e. The molecule has 6 N–H and O–H groups in total. The fourth-order valence-electron chi connectivity index (χ4n) is 9.81. The summed E-state index contributed by atoms with van der Waals surface area (Å²) in [5.41, 5.74) is 0. The molecule has 1 heterocycles. The molecule has 78 heavy (non-hydrogen) atoms. The third-order valence-electron chi connectivity index (χ3n) is 14.9. The van der Waals surface area contributed by atoms with Gasteiger partial charge >= 0.3 is 0 Å². The quantitative estimate of drug-likeness (QED) is 0.0261. The molecule has 9 nitrogen and oxygen atoms in total. The third-order valence-corrected chi connectivity index (χ3v) is 14.9. The molecule has 1 aliphatic rings. The molecular formula is C69H121NO8. The second kappa shape index (κ2) is 57.3. The van der Waals surface area contributed by atoms with Gasteiger partial charge < -0.3 is 40.3 Å². The Bertz CT molecular complexity index is 1550. The van der Waals surface area contributed by atoms with Crippen LogP contribution < -0.4 is 5.32 Å². The molecule has 0 aromatic rings. The molecule has 0 aromatic heterocycles. The number of nitrogens with one attached hydrogen (secondary N) is 1. The topological polar surface area (TPSA) is 149 Å². The number of aliphatic hydroxyl groups excluding tert-OH is 5. The first kappa shape index (κ1) is 73.1. The summed E-state index contributed by atoms with van der Waals surface area (Å²) in [7, 11) is 0. The average Bonchev–Trinajstić information content (AvgIpc) is 3.45. The van der Waals surface area contributed by atoms with Gasteiger partial charge in [0.05, 0.1) is 25.4 Å². The predicted molar refractivity (Wildman–Crippen MR) is 331 cm³/mol. The Hall–Kier alpha value is -2.89. The number of rotatable bonds is 55. The second-order valence-electron chi connectivity index (χ2n) is 22.2. The van der Waals surface area contributed by atoms with Crippen LogP contribution in [0.1, 0.15) is 277 Å². The van der Waals surface area contributed by atoms with E-state index in [1.165, 1.54) is 173 Å². The van der Waals surface area contributed by atoms with E-state index in [-0.39, 0.29) is 12.5 Å². The number of amides is 1. The Labute approximate surface area is 479 Å². The lowest BCUT2D eigenvalue weighted by Crippen LogP contribution is -2.60. The maximum atomic E-state index is 13.1. The van der Waals surface area contributed by atoms with E-state index in [9.17, 15) is 30.3 Å². The van der Waals surface area contributed by atoms with E-state index in [0.717, 1.165) is 83.5 Å². The van der Waals surface area contributed by atoms with Crippen molar-refractivity contribution < 1.29 is 39.8 Å². The lowest BCUT2D eigenvalue weighted by Gasteiger charge is -2.40. The first-order chi connectivity index (χ1) is 38.3. The molecule has 1 fully saturated rings. The molecule has 1 rings (SSSR count). The molecular weight excluding hydrogens is 971 g/mol. The number of aliphatic hydroxyl groups is 5. The summed E-state index contributed by atoms with van der Waals surface area (Å²) < 4.78 is 11.3. The Balaban J connectivity index is 2.08. The van der Waals surface area contributed by atoms with E-state index < -0.39 is 49.5 Å². The number of ether oxygens (including phenoxy) is 2. The maximum absolute atomic E-state index is 13.1. The Morgan fingerprint density at radius 2 is 0.808 bits per heavy atom. The largest absolute Gasteiger partial charge is 0.394 e. The van der Waals surface area contributed by atoms with Crippen LogP contribution in [0.3, 0.4) is 0 Å². The van der Waals surface area contributed by atoms with Gasteiger partial charge in [-0.1, -0.05) is 278 Å². The van der Waals surface area contributed by atoms with Crippen molar-refractivity contribution in [1.82, 2.24) is 5.32 Å². The molecule has 0 spiro atoms. The van der Waals surface area contributed by atoms with Gasteiger partial charge in [-0.3, -0.25) is 4.79 Å². The normalized spacial score (nSPS) is 19.3. The van der Waals surface area contributed by atoms with Crippen molar-refractivity contribution in [2.24, 2.45) is 0 Å². The third kappa shape index (κ3) is 45.8. The van der Waals surface area contributed by atoms with Crippen LogP contribution >= 0.6 is 0 Å². The maximum Gasteiger partial charge on any atom is 0.220 e. The molecule has 1 saturated heterocycles. The van der Waals surface area contributed by atoms with Crippen LogP contribution in [-0.2, 0) is 14.3 Å². The van der Waals surface area contributed by atoms with Crippen LogP contribution in [0.25, 0.3) is 0 Å². The summed E-state index contributed by atoms with van der Waals surface area (Å²) >= 11 is 0. The van der Waals surface area contributed by atoms with E-state index in [1.54, 1.807) is 6.08 Å². The summed E-state index contributed by atoms with van der Waals surface area (Å²) in [4.78, 5) is 13.1. The molecule has 1 amide bonds. The van der Waals surface area contributed by atoms with Gasteiger partial charge in [0.25, 0.3) is 0 Å². The van der Waals surface area contributed by atoms with E-state index in [0.29, 0.717) is 6.42 Å². The monoisotopic (exact) mass is 1090 g/mol. The zero-order valence-electron chi connectivity index (χ0n) is 50.1. The minimum atomic E-state index is -1.58. The molecule has 7 unspecified atom stereocenters. The summed E-state index contributed by atoms with van der Waals surface area (Å²) in [5, 5.41) is 54.5. The molecule has 7 atom stereocenters. The van der Waals surface area contributed by atoms with Crippen LogP contribution in [0.2, 0.25) is 0 Å². The SMILES string of the molecule is CC/C=C\C/C=C\C/C=C\C/C=C\C/C=C\CCCCCCCCCCCCCCCCCCCCCCCCCC(=O)NC(COC1OC(CO)C(O)C(O)C1O)C(O)/C=C/CC/C=C/CC/C=C/CCCCCCCC. The van der Waals surface area contributed by atoms with E-state index in [4.69, 9.17) is 9.47 Å². The number of unbranched alkanes of at least 4 members (excludes halogenated alkanes) is 31. The standard InChI is InChI=1S/C69H121NO8/c1-3-5-7-9-11-13-15-17-19-21-22-23-24-25-26-27-28-29-30-31-32-33-34-35-36-37-38-39-40-41-42-43-45-47-49-51-53-55-57-59-65(73)70-62(61-77-69-68(76)67(75)66(74)64(60-71)78-69)63(72)58-56-54-52-50-48-46-44-20-18-16-14-12-10-8-6-4-2/h5,7,11,13,17-20,22-23,25-26,48,50,56,58,62-64,66-69,71-72,74-76H,3-4,6,8-10,12,14-16,21,24,27-47,49,51-55,57,59-61H2,1-2H3,(H,70,73)/b7-5-,13-11-,19-17-,20-18+,23-22-,26-25-,50-48+,58-56+. The molecule has 1 aliphatic heterocycles. The van der Waals surface area contributed by atoms with Crippen LogP contribution in [-0.4, -0.2) is 87.5 Å². The number of hydrogen-bond donors (Lipinski definition) is 6. The van der Waals surface area contributed by atoms with Crippen molar-refractivity contribution in [2.75, 3.05) is 13.2 Å². The van der Waals surface area contributed by atoms with Crippen LogP contribution in [0.15, 0.2) is 97.2 Å². The number of allylic oxidation sites excluding steroid dienone is 15. The Kier molecular flexibility index (Phi) is 53.8. The first-order valence-corrected chi connectivity index (χ1v) is 32.5. The van der Waals surface area contributed by atoms with Crippen LogP contribution in [0.5, 0.6) is 0 Å². The lowest BCUT2D eigenvalue weighted by molar-refractivity contribution is -0.302. The highest BCUT2D eigenvalue weighted by Crippen LogP contribution is 2.23. The first-order valence-electron chi connectivity index (χ1n) is 32.5. The predicted octanol–water partition coefficient (Wildman–Crippen LogP) is 17.1. The van der Waals surface area contributed by atoms with Crippen molar-refractivity contribution in [3.63, 3.8) is 0 Å². The molecule has 0 aliphatic carbocycles. The number of carbonyl (C=O) groups is 1. The highest BCUT2D eigenvalue weighted by Gasteiger charge is 2.44. The average molecular weight is 1090 g/mol. The fraction of sp³-hybridized carbons (Fsp3) is 0.754. The van der Waals surface area contributed by atoms with Gasteiger partial charge in [-0.15, -0.1) is 0 Å². The Morgan fingerprint density at radius 3 is 1.23 bits per heavy atom. The second-order valence-corrected chi connectivity index (χ2v) is 22.2. The van der Waals surface area contributed by atoms with Gasteiger partial charge in [-0.2, -0.15) is 0 Å². The molecule has 450 valence electrons. The van der Waals surface area contributed by atoms with Gasteiger partial charge in [0.15, 0.2) is 6.29 Å². The molecule has 0 radical (unpaired) electrons. The zero-order valence-corrected chi connectivity index (χ0v) is 50.1. The van der Waals surface area contributed by atoms with Crippen LogP contribution in [0, 0.1) is 0 Å². The van der Waals surface area contributed by atoms with Crippen LogP contribution in [0.4, 0.5) is 0 Å². The van der Waals surface area contributed by atoms with E-state index >= 15 is 0 Å². The van der Waals surface area contributed by atoms with Gasteiger partial charge in [-0.05, 0) is 89.9 Å². The van der Waals surface area contributed by atoms with Crippen molar-refractivity contribution >= 4 is 5.91 Å². The zero-order chi connectivity index (χ0) is 56.5. The summed E-state index contributed by atoms with van der Waals surface area (Å²) in [6, 6.07) is -0.831. The molecule has 0 aromatic carbocycles. The lowest BCUT2D eigenvalue weighted by atomic mass is 9.99. The van der Waals surface area contributed by atoms with Crippen molar-refractivity contribution in [3.8, 4) is 0 Å². The smallest absolute Gasteiger partial charge is 0.220 e. The van der Waals surface area contributed by atoms with Gasteiger partial charge in [0, 0.05) is 6.42 Å². The van der Waals surface area contributed by atoms with Gasteiger partial charge in [-0.25, -0.2) is 0 Å².